The number of ether oxygens (including phenoxy) is 2. The number of para-hydroxylation sites is 2. The van der Waals surface area contributed by atoms with Gasteiger partial charge >= 0.3 is 5.97 Å². The molecule has 1 aromatic rings. The van der Waals surface area contributed by atoms with Gasteiger partial charge in [0.1, 0.15) is 6.04 Å². The van der Waals surface area contributed by atoms with Crippen LogP contribution in [0.4, 0.5) is 0 Å². The molecule has 0 aromatic heterocycles. The molecule has 0 aliphatic rings. The lowest BCUT2D eigenvalue weighted by Crippen LogP contribution is -2.46. The number of benzene rings is 1. The average Bonchev–Trinajstić information content (AvgIpc) is 2.48. The second-order valence-electron chi connectivity index (χ2n) is 5.67. The zero-order valence-electron chi connectivity index (χ0n) is 14.0. The lowest BCUT2D eigenvalue weighted by molar-refractivity contribution is -0.143. The molecule has 0 aliphatic heterocycles. The summed E-state index contributed by atoms with van der Waals surface area (Å²) in [4.78, 5) is 23.4. The Labute approximate surface area is 136 Å². The first-order valence-electron chi connectivity index (χ1n) is 7.76. The highest BCUT2D eigenvalue weighted by atomic mass is 16.5. The standard InChI is InChI=1S/C17H25NO5/c1-5-22-14-8-6-7-9-15(14)23-12(4)16(19)18-13(17(20)21)10-11(2)3/h6-9,11-13H,5,10H2,1-4H3,(H,18,19)(H,20,21). The van der Waals surface area contributed by atoms with Gasteiger partial charge in [-0.15, -0.1) is 0 Å². The molecule has 6 nitrogen and oxygen atoms in total. The molecule has 0 spiro atoms. The molecule has 0 saturated carbocycles. The molecule has 6 heteroatoms. The van der Waals surface area contributed by atoms with E-state index in [0.29, 0.717) is 24.5 Å². The second kappa shape index (κ2) is 9.02. The molecule has 0 saturated heterocycles. The highest BCUT2D eigenvalue weighted by Gasteiger charge is 2.25. The van der Waals surface area contributed by atoms with Crippen molar-refractivity contribution in [2.45, 2.75) is 46.3 Å². The van der Waals surface area contributed by atoms with E-state index in [-0.39, 0.29) is 5.92 Å². The third-order valence-corrected chi connectivity index (χ3v) is 3.14. The molecule has 0 bridgehead atoms. The number of carbonyl (C=O) groups is 2. The monoisotopic (exact) mass is 323 g/mol. The summed E-state index contributed by atoms with van der Waals surface area (Å²) < 4.78 is 11.1. The van der Waals surface area contributed by atoms with Crippen LogP contribution in [0.3, 0.4) is 0 Å². The Kier molecular flexibility index (Phi) is 7.38. The highest BCUT2D eigenvalue weighted by molar-refractivity contribution is 5.86. The summed E-state index contributed by atoms with van der Waals surface area (Å²) >= 11 is 0. The molecule has 2 atom stereocenters. The van der Waals surface area contributed by atoms with Gasteiger partial charge in [-0.3, -0.25) is 4.79 Å². The van der Waals surface area contributed by atoms with Crippen molar-refractivity contribution in [2.24, 2.45) is 5.92 Å². The van der Waals surface area contributed by atoms with Crippen LogP contribution in [0.15, 0.2) is 24.3 Å². The smallest absolute Gasteiger partial charge is 0.326 e. The summed E-state index contributed by atoms with van der Waals surface area (Å²) in [6, 6.07) is 6.13. The number of nitrogens with one attached hydrogen (secondary N) is 1. The van der Waals surface area contributed by atoms with Gasteiger partial charge < -0.3 is 19.9 Å². The maximum atomic E-state index is 12.2. The Bertz CT molecular complexity index is 529. The minimum Gasteiger partial charge on any atom is -0.490 e. The molecule has 128 valence electrons. The molecule has 2 N–H and O–H groups in total. The van der Waals surface area contributed by atoms with Crippen LogP contribution in [-0.2, 0) is 9.59 Å². The van der Waals surface area contributed by atoms with E-state index in [1.54, 1.807) is 25.1 Å². The normalized spacial score (nSPS) is 13.3. The molecular formula is C17H25NO5. The number of amides is 1. The van der Waals surface area contributed by atoms with Crippen LogP contribution in [0.1, 0.15) is 34.1 Å². The summed E-state index contributed by atoms with van der Waals surface area (Å²) in [5, 5.41) is 11.7. The van der Waals surface area contributed by atoms with E-state index in [2.05, 4.69) is 5.32 Å². The first kappa shape index (κ1) is 18.8. The Hall–Kier alpha value is -2.24. The van der Waals surface area contributed by atoms with Gasteiger partial charge in [0.15, 0.2) is 17.6 Å². The van der Waals surface area contributed by atoms with Crippen molar-refractivity contribution in [3.63, 3.8) is 0 Å². The second-order valence-corrected chi connectivity index (χ2v) is 5.67. The topological polar surface area (TPSA) is 84.9 Å². The quantitative estimate of drug-likeness (QED) is 0.729. The lowest BCUT2D eigenvalue weighted by atomic mass is 10.0. The number of aliphatic carboxylic acids is 1. The van der Waals surface area contributed by atoms with Crippen LogP contribution in [-0.4, -0.2) is 35.7 Å². The van der Waals surface area contributed by atoms with Crippen molar-refractivity contribution in [1.82, 2.24) is 5.32 Å². The Morgan fingerprint density at radius 2 is 1.78 bits per heavy atom. The number of hydrogen-bond acceptors (Lipinski definition) is 4. The number of carbonyl (C=O) groups excluding carboxylic acids is 1. The van der Waals surface area contributed by atoms with Crippen molar-refractivity contribution in [2.75, 3.05) is 6.61 Å². The molecule has 23 heavy (non-hydrogen) atoms. The van der Waals surface area contributed by atoms with Crippen LogP contribution >= 0.6 is 0 Å². The van der Waals surface area contributed by atoms with Crippen LogP contribution < -0.4 is 14.8 Å². The minimum atomic E-state index is -1.05. The SMILES string of the molecule is CCOc1ccccc1OC(C)C(=O)NC(CC(C)C)C(=O)O. The average molecular weight is 323 g/mol. The number of rotatable bonds is 9. The zero-order valence-corrected chi connectivity index (χ0v) is 14.0. The number of carboxylic acids is 1. The third-order valence-electron chi connectivity index (χ3n) is 3.14. The molecule has 0 fully saturated rings. The third kappa shape index (κ3) is 6.18. The molecule has 1 rings (SSSR count). The molecule has 0 heterocycles. The fourth-order valence-corrected chi connectivity index (χ4v) is 2.05. The first-order valence-corrected chi connectivity index (χ1v) is 7.76. The summed E-state index contributed by atoms with van der Waals surface area (Å²) in [6.07, 6.45) is -0.464. The maximum Gasteiger partial charge on any atom is 0.326 e. The van der Waals surface area contributed by atoms with Crippen LogP contribution in [0.5, 0.6) is 11.5 Å². The van der Waals surface area contributed by atoms with Gasteiger partial charge in [0.2, 0.25) is 0 Å². The van der Waals surface area contributed by atoms with E-state index < -0.39 is 24.0 Å². The van der Waals surface area contributed by atoms with Crippen LogP contribution in [0.2, 0.25) is 0 Å². The summed E-state index contributed by atoms with van der Waals surface area (Å²) in [7, 11) is 0. The minimum absolute atomic E-state index is 0.159. The summed E-state index contributed by atoms with van der Waals surface area (Å²) in [5.74, 6) is -0.357. The molecule has 0 radical (unpaired) electrons. The predicted molar refractivity (Wildman–Crippen MR) is 86.7 cm³/mol. The summed E-state index contributed by atoms with van der Waals surface area (Å²) in [6.45, 7) is 7.72. The number of carboxylic acid groups (broad SMARTS) is 1. The van der Waals surface area contributed by atoms with Crippen LogP contribution in [0, 0.1) is 5.92 Å². The zero-order chi connectivity index (χ0) is 17.4. The fourth-order valence-electron chi connectivity index (χ4n) is 2.05. The highest BCUT2D eigenvalue weighted by Crippen LogP contribution is 2.27. The van der Waals surface area contributed by atoms with E-state index in [9.17, 15) is 14.7 Å². The van der Waals surface area contributed by atoms with Gasteiger partial charge in [-0.25, -0.2) is 4.79 Å². The summed E-state index contributed by atoms with van der Waals surface area (Å²) in [5.41, 5.74) is 0. The van der Waals surface area contributed by atoms with Gasteiger partial charge in [-0.2, -0.15) is 0 Å². The largest absolute Gasteiger partial charge is 0.490 e. The van der Waals surface area contributed by atoms with Gasteiger partial charge in [-0.1, -0.05) is 26.0 Å². The van der Waals surface area contributed by atoms with Crippen molar-refractivity contribution < 1.29 is 24.2 Å². The number of hydrogen-bond donors (Lipinski definition) is 2. The molecule has 0 aliphatic carbocycles. The van der Waals surface area contributed by atoms with Crippen molar-refractivity contribution in [3.8, 4) is 11.5 Å². The van der Waals surface area contributed by atoms with Crippen LogP contribution in [0.25, 0.3) is 0 Å². The van der Waals surface area contributed by atoms with Gasteiger partial charge in [0.05, 0.1) is 6.61 Å². The maximum absolute atomic E-state index is 12.2. The Morgan fingerprint density at radius 1 is 1.17 bits per heavy atom. The van der Waals surface area contributed by atoms with E-state index >= 15 is 0 Å². The lowest BCUT2D eigenvalue weighted by Gasteiger charge is -2.21. The van der Waals surface area contributed by atoms with E-state index in [0.717, 1.165) is 0 Å². The predicted octanol–water partition coefficient (Wildman–Crippen LogP) is 2.47. The molecule has 1 aromatic carbocycles. The molecule has 2 unspecified atom stereocenters. The molecular weight excluding hydrogens is 298 g/mol. The van der Waals surface area contributed by atoms with Crippen molar-refractivity contribution >= 4 is 11.9 Å². The fraction of sp³-hybridized carbons (Fsp3) is 0.529. The van der Waals surface area contributed by atoms with Crippen molar-refractivity contribution in [3.05, 3.63) is 24.3 Å². The first-order chi connectivity index (χ1) is 10.8. The Balaban J connectivity index is 2.71. The Morgan fingerprint density at radius 3 is 2.30 bits per heavy atom. The van der Waals surface area contributed by atoms with E-state index in [1.165, 1.54) is 0 Å². The van der Waals surface area contributed by atoms with Gasteiger partial charge in [-0.05, 0) is 38.3 Å². The van der Waals surface area contributed by atoms with Gasteiger partial charge in [0, 0.05) is 0 Å². The van der Waals surface area contributed by atoms with E-state index in [1.807, 2.05) is 26.8 Å². The van der Waals surface area contributed by atoms with E-state index in [4.69, 9.17) is 9.47 Å². The van der Waals surface area contributed by atoms with Crippen molar-refractivity contribution in [1.29, 1.82) is 0 Å². The van der Waals surface area contributed by atoms with Gasteiger partial charge in [0.25, 0.3) is 5.91 Å². The molecule has 1 amide bonds.